The topological polar surface area (TPSA) is 68.2 Å². The van der Waals surface area contributed by atoms with Gasteiger partial charge in [0.25, 0.3) is 0 Å². The van der Waals surface area contributed by atoms with Crippen molar-refractivity contribution >= 4 is 0 Å². The van der Waals surface area contributed by atoms with Crippen LogP contribution in [-0.2, 0) is 13.0 Å². The largest absolute Gasteiger partial charge is 0.338 e. The molecule has 2 N–H and O–H groups in total. The van der Waals surface area contributed by atoms with Crippen molar-refractivity contribution in [3.8, 4) is 0 Å². The first-order valence-electron chi connectivity index (χ1n) is 6.07. The molecule has 0 bridgehead atoms. The van der Waals surface area contributed by atoms with Crippen molar-refractivity contribution in [3.05, 3.63) is 11.7 Å². The van der Waals surface area contributed by atoms with Crippen molar-refractivity contribution in [2.24, 2.45) is 5.73 Å². The highest BCUT2D eigenvalue weighted by Gasteiger charge is 2.20. The van der Waals surface area contributed by atoms with Crippen LogP contribution in [0.3, 0.4) is 0 Å². The molecule has 1 aliphatic rings. The van der Waals surface area contributed by atoms with E-state index in [1.165, 1.54) is 0 Å². The predicted octanol–water partition coefficient (Wildman–Crippen LogP) is 0.945. The normalized spacial score (nSPS) is 21.8. The molecule has 0 aliphatic carbocycles. The summed E-state index contributed by atoms with van der Waals surface area (Å²) >= 11 is 0. The Kier molecular flexibility index (Phi) is 3.90. The van der Waals surface area contributed by atoms with Crippen molar-refractivity contribution in [1.29, 1.82) is 0 Å². The van der Waals surface area contributed by atoms with Crippen LogP contribution < -0.4 is 5.73 Å². The predicted molar refractivity (Wildman–Crippen MR) is 60.8 cm³/mol. The summed E-state index contributed by atoms with van der Waals surface area (Å²) in [5.74, 6) is 1.56. The molecule has 0 aromatic carbocycles. The van der Waals surface area contributed by atoms with Gasteiger partial charge in [0.1, 0.15) is 0 Å². The zero-order valence-corrected chi connectivity index (χ0v) is 9.85. The lowest BCUT2D eigenvalue weighted by atomic mass is 10.2. The Labute approximate surface area is 96.0 Å². The molecule has 1 fully saturated rings. The zero-order chi connectivity index (χ0) is 11.4. The number of unbranched alkanes of at least 4 members (excludes halogenated alkanes) is 1. The lowest BCUT2D eigenvalue weighted by molar-refractivity contribution is 0.265. The zero-order valence-electron chi connectivity index (χ0n) is 9.85. The van der Waals surface area contributed by atoms with E-state index in [-0.39, 0.29) is 0 Å². The summed E-state index contributed by atoms with van der Waals surface area (Å²) in [5, 5.41) is 3.97. The fourth-order valence-electron chi connectivity index (χ4n) is 1.99. The van der Waals surface area contributed by atoms with Crippen LogP contribution in [0, 0.1) is 0 Å². The van der Waals surface area contributed by atoms with Crippen molar-refractivity contribution in [1.82, 2.24) is 15.0 Å². The standard InChI is InChI=1S/C11H20N4O/c1-2-3-4-10-13-11(16-14-10)8-15-6-5-9(12)7-15/h9H,2-8,12H2,1H3/t9-/m0/s1. The Morgan fingerprint density at radius 2 is 2.44 bits per heavy atom. The van der Waals surface area contributed by atoms with E-state index in [1.807, 2.05) is 0 Å². The van der Waals surface area contributed by atoms with Crippen LogP contribution in [0.15, 0.2) is 4.52 Å². The van der Waals surface area contributed by atoms with Gasteiger partial charge in [0.05, 0.1) is 6.54 Å². The summed E-state index contributed by atoms with van der Waals surface area (Å²) in [7, 11) is 0. The number of hydrogen-bond acceptors (Lipinski definition) is 5. The van der Waals surface area contributed by atoms with Gasteiger partial charge in [-0.3, -0.25) is 4.90 Å². The number of likely N-dealkylation sites (tertiary alicyclic amines) is 1. The maximum Gasteiger partial charge on any atom is 0.240 e. The Bertz CT molecular complexity index is 326. The van der Waals surface area contributed by atoms with E-state index in [1.54, 1.807) is 0 Å². The van der Waals surface area contributed by atoms with Crippen molar-refractivity contribution in [2.75, 3.05) is 13.1 Å². The fraction of sp³-hybridized carbons (Fsp3) is 0.818. The maximum atomic E-state index is 5.84. The van der Waals surface area contributed by atoms with Crippen molar-refractivity contribution in [2.45, 2.75) is 45.2 Å². The van der Waals surface area contributed by atoms with E-state index < -0.39 is 0 Å². The van der Waals surface area contributed by atoms with Gasteiger partial charge in [-0.05, 0) is 12.8 Å². The van der Waals surface area contributed by atoms with Gasteiger partial charge in [-0.1, -0.05) is 18.5 Å². The monoisotopic (exact) mass is 224 g/mol. The first-order valence-corrected chi connectivity index (χ1v) is 6.07. The average Bonchev–Trinajstić information content (AvgIpc) is 2.86. The second kappa shape index (κ2) is 5.41. The second-order valence-electron chi connectivity index (χ2n) is 4.49. The highest BCUT2D eigenvalue weighted by Crippen LogP contribution is 2.11. The minimum Gasteiger partial charge on any atom is -0.338 e. The summed E-state index contributed by atoms with van der Waals surface area (Å²) in [6, 6.07) is 0.308. The molecule has 1 atom stereocenters. The third-order valence-corrected chi connectivity index (χ3v) is 2.93. The number of aryl methyl sites for hydroxylation is 1. The summed E-state index contributed by atoms with van der Waals surface area (Å²) in [5.41, 5.74) is 5.84. The van der Waals surface area contributed by atoms with Crippen LogP contribution in [0.2, 0.25) is 0 Å². The van der Waals surface area contributed by atoms with Gasteiger partial charge in [-0.25, -0.2) is 0 Å². The first kappa shape index (κ1) is 11.5. The maximum absolute atomic E-state index is 5.84. The van der Waals surface area contributed by atoms with Crippen LogP contribution in [0.5, 0.6) is 0 Å². The fourth-order valence-corrected chi connectivity index (χ4v) is 1.99. The van der Waals surface area contributed by atoms with Crippen LogP contribution in [0.25, 0.3) is 0 Å². The molecule has 0 saturated carbocycles. The molecular weight excluding hydrogens is 204 g/mol. The molecule has 0 radical (unpaired) electrons. The molecule has 2 heterocycles. The Hall–Kier alpha value is -0.940. The number of rotatable bonds is 5. The molecule has 90 valence electrons. The number of hydrogen-bond donors (Lipinski definition) is 1. The average molecular weight is 224 g/mol. The summed E-state index contributed by atoms with van der Waals surface area (Å²) in [6.07, 6.45) is 4.26. The van der Waals surface area contributed by atoms with Crippen LogP contribution >= 0.6 is 0 Å². The first-order chi connectivity index (χ1) is 7.78. The van der Waals surface area contributed by atoms with E-state index >= 15 is 0 Å². The number of aromatic nitrogens is 2. The third-order valence-electron chi connectivity index (χ3n) is 2.93. The summed E-state index contributed by atoms with van der Waals surface area (Å²) in [6.45, 7) is 4.87. The Morgan fingerprint density at radius 1 is 1.56 bits per heavy atom. The second-order valence-corrected chi connectivity index (χ2v) is 4.49. The number of nitrogens with two attached hydrogens (primary N) is 1. The Balaban J connectivity index is 1.83. The third kappa shape index (κ3) is 3.02. The van der Waals surface area contributed by atoms with Crippen LogP contribution in [-0.4, -0.2) is 34.2 Å². The lowest BCUT2D eigenvalue weighted by Crippen LogP contribution is -2.26. The minimum atomic E-state index is 0.308. The van der Waals surface area contributed by atoms with Crippen LogP contribution in [0.4, 0.5) is 0 Å². The highest BCUT2D eigenvalue weighted by molar-refractivity contribution is 4.88. The summed E-state index contributed by atoms with van der Waals surface area (Å²) in [4.78, 5) is 6.64. The molecule has 0 spiro atoms. The summed E-state index contributed by atoms with van der Waals surface area (Å²) < 4.78 is 5.22. The van der Waals surface area contributed by atoms with E-state index in [0.29, 0.717) is 6.04 Å². The number of nitrogens with zero attached hydrogens (tertiary/aromatic N) is 3. The molecule has 0 amide bonds. The molecule has 1 aliphatic heterocycles. The van der Waals surface area contributed by atoms with E-state index in [0.717, 1.165) is 57.0 Å². The van der Waals surface area contributed by atoms with Crippen molar-refractivity contribution < 1.29 is 4.52 Å². The quantitative estimate of drug-likeness (QED) is 0.806. The van der Waals surface area contributed by atoms with Crippen molar-refractivity contribution in [3.63, 3.8) is 0 Å². The molecule has 16 heavy (non-hydrogen) atoms. The molecule has 1 aromatic rings. The SMILES string of the molecule is CCCCc1noc(CN2CC[C@H](N)C2)n1. The van der Waals surface area contributed by atoms with Gasteiger partial charge in [0.2, 0.25) is 5.89 Å². The lowest BCUT2D eigenvalue weighted by Gasteiger charge is -2.10. The highest BCUT2D eigenvalue weighted by atomic mass is 16.5. The molecule has 1 saturated heterocycles. The molecule has 5 heteroatoms. The van der Waals surface area contributed by atoms with Gasteiger partial charge in [0, 0.05) is 25.6 Å². The van der Waals surface area contributed by atoms with E-state index in [9.17, 15) is 0 Å². The van der Waals surface area contributed by atoms with Gasteiger partial charge in [-0.15, -0.1) is 0 Å². The minimum absolute atomic E-state index is 0.308. The smallest absolute Gasteiger partial charge is 0.240 e. The van der Waals surface area contributed by atoms with Gasteiger partial charge in [-0.2, -0.15) is 4.98 Å². The molecule has 5 nitrogen and oxygen atoms in total. The molecular formula is C11H20N4O. The van der Waals surface area contributed by atoms with Crippen LogP contribution in [0.1, 0.15) is 37.9 Å². The molecule has 0 unspecified atom stereocenters. The van der Waals surface area contributed by atoms with Gasteiger partial charge in [0.15, 0.2) is 5.82 Å². The van der Waals surface area contributed by atoms with E-state index in [4.69, 9.17) is 10.3 Å². The molecule has 1 aromatic heterocycles. The van der Waals surface area contributed by atoms with Gasteiger partial charge < -0.3 is 10.3 Å². The van der Waals surface area contributed by atoms with E-state index in [2.05, 4.69) is 22.0 Å². The van der Waals surface area contributed by atoms with Gasteiger partial charge >= 0.3 is 0 Å². The Morgan fingerprint density at radius 3 is 3.12 bits per heavy atom. The molecule has 2 rings (SSSR count).